The van der Waals surface area contributed by atoms with Gasteiger partial charge in [0.15, 0.2) is 0 Å². The number of benzene rings is 1. The maximum atomic E-state index is 4.43. The smallest absolute Gasteiger partial charge is 0.00466 e. The Labute approximate surface area is 87.3 Å². The normalized spacial score (nSPS) is 20.7. The first kappa shape index (κ1) is 9.76. The molecule has 1 aromatic carbocycles. The Bertz CT molecular complexity index is 288. The molecule has 1 aromatic rings. The fourth-order valence-corrected chi connectivity index (χ4v) is 2.42. The summed E-state index contributed by atoms with van der Waals surface area (Å²) in [5, 5.41) is 0. The first-order chi connectivity index (χ1) is 6.71. The van der Waals surface area contributed by atoms with Gasteiger partial charge in [-0.1, -0.05) is 49.1 Å². The third-order valence-corrected chi connectivity index (χ3v) is 3.47. The van der Waals surface area contributed by atoms with Gasteiger partial charge in [-0.05, 0) is 37.7 Å². The zero-order chi connectivity index (χ0) is 10.0. The van der Waals surface area contributed by atoms with Crippen molar-refractivity contribution >= 4 is 0 Å². The van der Waals surface area contributed by atoms with E-state index < -0.39 is 0 Å². The van der Waals surface area contributed by atoms with Gasteiger partial charge >= 0.3 is 0 Å². The molecule has 0 amide bonds. The molecule has 0 aliphatic heterocycles. The molecule has 0 atom stereocenters. The molecular formula is C14H19. The van der Waals surface area contributed by atoms with Gasteiger partial charge in [0.25, 0.3) is 0 Å². The second-order valence-electron chi connectivity index (χ2n) is 4.71. The van der Waals surface area contributed by atoms with Crippen molar-refractivity contribution in [2.24, 2.45) is 0 Å². The van der Waals surface area contributed by atoms with Gasteiger partial charge in [-0.2, -0.15) is 0 Å². The summed E-state index contributed by atoms with van der Waals surface area (Å²) in [5.41, 5.74) is 2.99. The van der Waals surface area contributed by atoms with Gasteiger partial charge in [0.2, 0.25) is 0 Å². The van der Waals surface area contributed by atoms with Crippen molar-refractivity contribution in [1.29, 1.82) is 0 Å². The van der Waals surface area contributed by atoms with Crippen molar-refractivity contribution < 1.29 is 0 Å². The summed E-state index contributed by atoms with van der Waals surface area (Å²) in [6, 6.07) is 8.93. The lowest BCUT2D eigenvalue weighted by Crippen LogP contribution is -2.25. The van der Waals surface area contributed by atoms with E-state index in [1.54, 1.807) is 0 Å². The summed E-state index contributed by atoms with van der Waals surface area (Å²) in [5.74, 6) is 0. The molecule has 0 nitrogen and oxygen atoms in total. The first-order valence-corrected chi connectivity index (χ1v) is 5.63. The molecule has 0 N–H and O–H groups in total. The largest absolute Gasteiger partial charge is 0.0590 e. The Kier molecular flexibility index (Phi) is 2.62. The average Bonchev–Trinajstić information content (AvgIpc) is 2.19. The summed E-state index contributed by atoms with van der Waals surface area (Å²) >= 11 is 0. The molecule has 1 radical (unpaired) electrons. The molecular weight excluding hydrogens is 168 g/mol. The lowest BCUT2D eigenvalue weighted by atomic mass is 9.71. The van der Waals surface area contributed by atoms with Crippen LogP contribution in [0.1, 0.15) is 43.2 Å². The summed E-state index contributed by atoms with van der Waals surface area (Å²) < 4.78 is 0. The minimum absolute atomic E-state index is 0.214. The molecule has 0 aromatic heterocycles. The standard InChI is InChI=1S/C14H19/c1-12-6-8-13(9-7-12)14(2)10-4-3-5-11-14/h6-9H,2-5,10-11H2,1H3. The molecule has 2 rings (SSSR count). The maximum absolute atomic E-state index is 4.43. The Morgan fingerprint density at radius 2 is 1.57 bits per heavy atom. The number of aryl methyl sites for hydroxylation is 1. The molecule has 0 bridgehead atoms. The molecule has 75 valence electrons. The van der Waals surface area contributed by atoms with Crippen LogP contribution in [-0.2, 0) is 5.41 Å². The average molecular weight is 187 g/mol. The zero-order valence-corrected chi connectivity index (χ0v) is 9.05. The molecule has 0 spiro atoms. The van der Waals surface area contributed by atoms with Crippen molar-refractivity contribution in [3.8, 4) is 0 Å². The molecule has 0 heterocycles. The van der Waals surface area contributed by atoms with Gasteiger partial charge in [-0.3, -0.25) is 0 Å². The van der Waals surface area contributed by atoms with Crippen LogP contribution in [0.2, 0.25) is 0 Å². The number of hydrogen-bond donors (Lipinski definition) is 0. The van der Waals surface area contributed by atoms with E-state index in [0.29, 0.717) is 0 Å². The van der Waals surface area contributed by atoms with Crippen LogP contribution < -0.4 is 0 Å². The highest BCUT2D eigenvalue weighted by Gasteiger charge is 2.28. The fourth-order valence-electron chi connectivity index (χ4n) is 2.42. The second-order valence-corrected chi connectivity index (χ2v) is 4.71. The molecule has 0 saturated heterocycles. The van der Waals surface area contributed by atoms with Crippen LogP contribution in [-0.4, -0.2) is 0 Å². The molecule has 1 saturated carbocycles. The van der Waals surface area contributed by atoms with E-state index in [2.05, 4.69) is 38.1 Å². The van der Waals surface area contributed by atoms with Crippen LogP contribution in [0.3, 0.4) is 0 Å². The molecule has 1 aliphatic rings. The summed E-state index contributed by atoms with van der Waals surface area (Å²) in [6.45, 7) is 6.57. The van der Waals surface area contributed by atoms with Gasteiger partial charge < -0.3 is 0 Å². The quantitative estimate of drug-likeness (QED) is 0.622. The Hall–Kier alpha value is -0.780. The van der Waals surface area contributed by atoms with Crippen LogP contribution in [0.4, 0.5) is 0 Å². The molecule has 1 fully saturated rings. The topological polar surface area (TPSA) is 0 Å². The summed E-state index contributed by atoms with van der Waals surface area (Å²) in [7, 11) is 0. The van der Waals surface area contributed by atoms with Crippen molar-refractivity contribution in [1.82, 2.24) is 0 Å². The highest BCUT2D eigenvalue weighted by molar-refractivity contribution is 5.30. The van der Waals surface area contributed by atoms with Crippen molar-refractivity contribution in [3.63, 3.8) is 0 Å². The van der Waals surface area contributed by atoms with Crippen molar-refractivity contribution in [2.45, 2.75) is 44.4 Å². The van der Waals surface area contributed by atoms with Gasteiger partial charge in [0, 0.05) is 0 Å². The van der Waals surface area contributed by atoms with Crippen LogP contribution in [0.5, 0.6) is 0 Å². The van der Waals surface area contributed by atoms with E-state index in [1.165, 1.54) is 43.2 Å². The van der Waals surface area contributed by atoms with E-state index in [1.807, 2.05) is 0 Å². The highest BCUT2D eigenvalue weighted by Crippen LogP contribution is 2.38. The third kappa shape index (κ3) is 1.84. The van der Waals surface area contributed by atoms with Crippen molar-refractivity contribution in [3.05, 3.63) is 42.3 Å². The van der Waals surface area contributed by atoms with Crippen LogP contribution in [0.15, 0.2) is 24.3 Å². The second kappa shape index (κ2) is 3.76. The van der Waals surface area contributed by atoms with Crippen molar-refractivity contribution in [2.75, 3.05) is 0 Å². The lowest BCUT2D eigenvalue weighted by molar-refractivity contribution is 0.354. The first-order valence-electron chi connectivity index (χ1n) is 5.63. The minimum atomic E-state index is 0.214. The lowest BCUT2D eigenvalue weighted by Gasteiger charge is -2.34. The highest BCUT2D eigenvalue weighted by atomic mass is 14.3. The van der Waals surface area contributed by atoms with E-state index in [-0.39, 0.29) is 5.41 Å². The van der Waals surface area contributed by atoms with Gasteiger partial charge in [-0.15, -0.1) is 0 Å². The minimum Gasteiger partial charge on any atom is -0.0590 e. The predicted molar refractivity (Wildman–Crippen MR) is 61.3 cm³/mol. The third-order valence-electron chi connectivity index (χ3n) is 3.47. The van der Waals surface area contributed by atoms with E-state index in [9.17, 15) is 0 Å². The molecule has 14 heavy (non-hydrogen) atoms. The SMILES string of the molecule is [CH2]C1(c2ccc(C)cc2)CCCCC1. The number of rotatable bonds is 1. The Morgan fingerprint density at radius 3 is 2.14 bits per heavy atom. The Balaban J connectivity index is 2.23. The van der Waals surface area contributed by atoms with Crippen LogP contribution >= 0.6 is 0 Å². The predicted octanol–water partition coefficient (Wildman–Crippen LogP) is 4.03. The van der Waals surface area contributed by atoms with E-state index in [0.717, 1.165) is 0 Å². The van der Waals surface area contributed by atoms with Crippen LogP contribution in [0.25, 0.3) is 0 Å². The molecule has 1 aliphatic carbocycles. The Morgan fingerprint density at radius 1 is 1.00 bits per heavy atom. The van der Waals surface area contributed by atoms with Gasteiger partial charge in [0.05, 0.1) is 0 Å². The van der Waals surface area contributed by atoms with Gasteiger partial charge in [-0.25, -0.2) is 0 Å². The fraction of sp³-hybridized carbons (Fsp3) is 0.500. The van der Waals surface area contributed by atoms with E-state index >= 15 is 0 Å². The maximum Gasteiger partial charge on any atom is -0.00466 e. The summed E-state index contributed by atoms with van der Waals surface area (Å²) in [6.07, 6.45) is 6.60. The molecule has 0 heteroatoms. The van der Waals surface area contributed by atoms with E-state index in [4.69, 9.17) is 0 Å². The molecule has 0 unspecified atom stereocenters. The van der Waals surface area contributed by atoms with Gasteiger partial charge in [0.1, 0.15) is 0 Å². The van der Waals surface area contributed by atoms with Crippen LogP contribution in [0, 0.1) is 13.8 Å². The number of hydrogen-bond acceptors (Lipinski definition) is 0. The zero-order valence-electron chi connectivity index (χ0n) is 9.05. The summed E-state index contributed by atoms with van der Waals surface area (Å²) in [4.78, 5) is 0. The monoisotopic (exact) mass is 187 g/mol.